The molecule has 36 heavy (non-hydrogen) atoms. The van der Waals surface area contributed by atoms with Crippen molar-refractivity contribution in [2.75, 3.05) is 36.5 Å². The molecule has 0 aromatic heterocycles. The lowest BCUT2D eigenvalue weighted by Gasteiger charge is -2.41. The Balaban J connectivity index is 0.00000320. The molecule has 0 aliphatic carbocycles. The quantitative estimate of drug-likeness (QED) is 0.566. The van der Waals surface area contributed by atoms with Crippen LogP contribution in [0.3, 0.4) is 0 Å². The van der Waals surface area contributed by atoms with E-state index >= 15 is 0 Å². The first-order valence-electron chi connectivity index (χ1n) is 13.4. The molecule has 4 aliphatic rings. The van der Waals surface area contributed by atoms with Gasteiger partial charge in [0.05, 0.1) is 10.1 Å². The molecule has 0 saturated carbocycles. The lowest BCUT2D eigenvalue weighted by atomic mass is 10.0. The number of urea groups is 1. The van der Waals surface area contributed by atoms with Gasteiger partial charge >= 0.3 is 6.03 Å². The van der Waals surface area contributed by atoms with Crippen LogP contribution in [0, 0.1) is 5.92 Å². The van der Waals surface area contributed by atoms with E-state index in [2.05, 4.69) is 30.1 Å². The van der Waals surface area contributed by atoms with Gasteiger partial charge in [0.2, 0.25) is 11.8 Å². The van der Waals surface area contributed by atoms with Crippen LogP contribution >= 0.6 is 23.5 Å². The van der Waals surface area contributed by atoms with E-state index in [-0.39, 0.29) is 35.4 Å². The van der Waals surface area contributed by atoms with Crippen LogP contribution in [-0.4, -0.2) is 79.8 Å². The number of carbonyl (C=O) groups is 3. The molecule has 1 aromatic rings. The van der Waals surface area contributed by atoms with Crippen LogP contribution in [0.1, 0.15) is 59.4 Å². The van der Waals surface area contributed by atoms with Crippen LogP contribution in [-0.2, 0) is 16.1 Å². The fourth-order valence-electron chi connectivity index (χ4n) is 5.89. The van der Waals surface area contributed by atoms with Crippen LogP contribution in [0.25, 0.3) is 0 Å². The van der Waals surface area contributed by atoms with Crippen molar-refractivity contribution < 1.29 is 15.8 Å². The molecular weight excluding hydrogens is 492 g/mol. The smallest absolute Gasteiger partial charge is 0.322 e. The third-order valence-corrected chi connectivity index (χ3v) is 10.8. The predicted molar refractivity (Wildman–Crippen MR) is 149 cm³/mol. The Morgan fingerprint density at radius 3 is 2.61 bits per heavy atom. The van der Waals surface area contributed by atoms with Gasteiger partial charge in [-0.05, 0) is 61.2 Å². The largest absolute Gasteiger partial charge is 0.342 e. The summed E-state index contributed by atoms with van der Waals surface area (Å²) in [6, 6.07) is 8.00. The van der Waals surface area contributed by atoms with Gasteiger partial charge in [-0.3, -0.25) is 9.59 Å². The normalized spacial score (nSPS) is 24.4. The fourth-order valence-corrected chi connectivity index (χ4v) is 9.05. The van der Waals surface area contributed by atoms with Gasteiger partial charge < -0.3 is 20.0 Å². The van der Waals surface area contributed by atoms with Gasteiger partial charge in [0.25, 0.3) is 0 Å². The van der Waals surface area contributed by atoms with Crippen LogP contribution in [0.2, 0.25) is 0 Å². The minimum atomic E-state index is -0.269. The second-order valence-electron chi connectivity index (χ2n) is 10.9. The summed E-state index contributed by atoms with van der Waals surface area (Å²) in [5, 5.41) is 2.74. The zero-order valence-corrected chi connectivity index (χ0v) is 23.0. The number of hydrogen-bond donors (Lipinski definition) is 1. The maximum Gasteiger partial charge on any atom is 0.322 e. The lowest BCUT2D eigenvalue weighted by molar-refractivity contribution is -0.138. The molecule has 1 aromatic carbocycles. The number of rotatable bonds is 6. The average Bonchev–Trinajstić information content (AvgIpc) is 3.12. The lowest BCUT2D eigenvalue weighted by Crippen LogP contribution is -2.51. The van der Waals surface area contributed by atoms with Gasteiger partial charge in [0, 0.05) is 45.8 Å². The second kappa shape index (κ2) is 10.9. The third kappa shape index (κ3) is 5.23. The van der Waals surface area contributed by atoms with E-state index in [9.17, 15) is 14.4 Å². The predicted octanol–water partition coefficient (Wildman–Crippen LogP) is 4.87. The Bertz CT molecular complexity index is 996. The number of anilines is 1. The molecule has 4 aliphatic heterocycles. The summed E-state index contributed by atoms with van der Waals surface area (Å²) in [6.45, 7) is 7.09. The van der Waals surface area contributed by atoms with E-state index in [1.807, 2.05) is 39.8 Å². The molecule has 1 spiro atoms. The topological polar surface area (TPSA) is 73.0 Å². The number of amides is 4. The van der Waals surface area contributed by atoms with Crippen molar-refractivity contribution in [3.63, 3.8) is 0 Å². The first-order chi connectivity index (χ1) is 17.4. The highest BCUT2D eigenvalue weighted by molar-refractivity contribution is 8.03. The summed E-state index contributed by atoms with van der Waals surface area (Å²) in [5.41, 5.74) is 2.02. The average molecular weight is 533 g/mol. The molecular formula is C27H40N4O3S2. The SMILES string of the molecule is CC(C)CCN1C(=O)C(CC(=O)N2CCC(N3Cc4ccccc4NC3=O)CC2)SC12CCSCC2.[HH]. The summed E-state index contributed by atoms with van der Waals surface area (Å²) >= 11 is 3.74. The Morgan fingerprint density at radius 1 is 1.17 bits per heavy atom. The molecule has 198 valence electrons. The monoisotopic (exact) mass is 532 g/mol. The van der Waals surface area contributed by atoms with Crippen molar-refractivity contribution in [2.24, 2.45) is 5.92 Å². The van der Waals surface area contributed by atoms with Gasteiger partial charge in [-0.25, -0.2) is 4.79 Å². The van der Waals surface area contributed by atoms with Crippen molar-refractivity contribution in [3.8, 4) is 0 Å². The molecule has 0 radical (unpaired) electrons. The zero-order chi connectivity index (χ0) is 25.3. The Hall–Kier alpha value is -1.87. The molecule has 1 N–H and O–H groups in total. The van der Waals surface area contributed by atoms with E-state index in [0.717, 1.165) is 61.4 Å². The zero-order valence-electron chi connectivity index (χ0n) is 21.4. The number of hydrogen-bond acceptors (Lipinski definition) is 5. The number of benzene rings is 1. The summed E-state index contributed by atoms with van der Waals surface area (Å²) in [5.74, 6) is 2.97. The first kappa shape index (κ1) is 25.8. The maximum absolute atomic E-state index is 13.5. The minimum Gasteiger partial charge on any atom is -0.342 e. The molecule has 3 fully saturated rings. The molecule has 4 heterocycles. The van der Waals surface area contributed by atoms with Crippen molar-refractivity contribution in [1.29, 1.82) is 0 Å². The van der Waals surface area contributed by atoms with E-state index in [1.165, 1.54) is 0 Å². The number of nitrogens with zero attached hydrogens (tertiary/aromatic N) is 3. The molecule has 9 heteroatoms. The highest BCUT2D eigenvalue weighted by atomic mass is 32.2. The first-order valence-corrected chi connectivity index (χ1v) is 15.4. The van der Waals surface area contributed by atoms with E-state index in [0.29, 0.717) is 32.0 Å². The van der Waals surface area contributed by atoms with Crippen LogP contribution in [0.4, 0.5) is 10.5 Å². The molecule has 0 bridgehead atoms. The number of fused-ring (bicyclic) bond motifs is 1. The van der Waals surface area contributed by atoms with Crippen molar-refractivity contribution in [1.82, 2.24) is 14.7 Å². The van der Waals surface area contributed by atoms with Gasteiger partial charge in [0.1, 0.15) is 0 Å². The molecule has 4 amide bonds. The number of para-hydroxylation sites is 1. The summed E-state index contributed by atoms with van der Waals surface area (Å²) < 4.78 is 0. The minimum absolute atomic E-state index is 0. The second-order valence-corrected chi connectivity index (χ2v) is 13.7. The molecule has 1 unspecified atom stereocenters. The Morgan fingerprint density at radius 2 is 1.89 bits per heavy atom. The van der Waals surface area contributed by atoms with Crippen molar-refractivity contribution >= 4 is 47.1 Å². The molecule has 7 nitrogen and oxygen atoms in total. The molecule has 5 rings (SSSR count). The number of carbonyl (C=O) groups excluding carboxylic acids is 3. The van der Waals surface area contributed by atoms with Gasteiger partial charge in [-0.2, -0.15) is 11.8 Å². The summed E-state index contributed by atoms with van der Waals surface area (Å²) in [4.78, 5) is 45.3. The number of thioether (sulfide) groups is 2. The highest BCUT2D eigenvalue weighted by Crippen LogP contribution is 2.50. The number of nitrogens with one attached hydrogen (secondary N) is 1. The number of piperidine rings is 1. The maximum atomic E-state index is 13.5. The molecule has 1 atom stereocenters. The van der Waals surface area contributed by atoms with Crippen molar-refractivity contribution in [2.45, 2.75) is 75.1 Å². The van der Waals surface area contributed by atoms with Crippen LogP contribution in [0.15, 0.2) is 24.3 Å². The Kier molecular flexibility index (Phi) is 7.77. The highest BCUT2D eigenvalue weighted by Gasteiger charge is 2.52. The van der Waals surface area contributed by atoms with Gasteiger partial charge in [0.15, 0.2) is 0 Å². The fraction of sp³-hybridized carbons (Fsp3) is 0.667. The van der Waals surface area contributed by atoms with E-state index in [1.54, 1.807) is 11.8 Å². The van der Waals surface area contributed by atoms with Gasteiger partial charge in [-0.15, -0.1) is 11.8 Å². The summed E-state index contributed by atoms with van der Waals surface area (Å²) in [6.07, 6.45) is 4.87. The Labute approximate surface area is 224 Å². The number of likely N-dealkylation sites (tertiary alicyclic amines) is 1. The standard InChI is InChI=1S/C27H38N4O3S2.H2/c1-19(2)7-14-31-25(33)23(36-27(31)10-15-35-16-11-27)17-24(32)29-12-8-21(9-13-29)30-18-20-5-3-4-6-22(20)28-26(30)34;/h3-6,19,21,23H,7-18H2,1-2H3,(H,28,34);1H. The molecule has 3 saturated heterocycles. The third-order valence-electron chi connectivity index (χ3n) is 8.08. The van der Waals surface area contributed by atoms with E-state index in [4.69, 9.17) is 0 Å². The van der Waals surface area contributed by atoms with Crippen LogP contribution in [0.5, 0.6) is 0 Å². The van der Waals surface area contributed by atoms with E-state index < -0.39 is 0 Å². The van der Waals surface area contributed by atoms with Crippen LogP contribution < -0.4 is 5.32 Å². The van der Waals surface area contributed by atoms with Crippen molar-refractivity contribution in [3.05, 3.63) is 29.8 Å². The summed E-state index contributed by atoms with van der Waals surface area (Å²) in [7, 11) is 0. The van der Waals surface area contributed by atoms with Gasteiger partial charge in [-0.1, -0.05) is 32.0 Å².